The summed E-state index contributed by atoms with van der Waals surface area (Å²) in [5.74, 6) is 1.82. The first-order valence-electron chi connectivity index (χ1n) is 5.89. The number of H-pyrrole nitrogens is 1. The monoisotopic (exact) mass is 232 g/mol. The van der Waals surface area contributed by atoms with Gasteiger partial charge in [0, 0.05) is 20.7 Å². The lowest BCUT2D eigenvalue weighted by Gasteiger charge is -2.09. The molecular formula is C12H16N4O. The molecule has 0 amide bonds. The van der Waals surface area contributed by atoms with Gasteiger partial charge >= 0.3 is 0 Å². The SMILES string of the molecule is CN(C)c1ccc2[nH]c(C3CCCO3)nc2n1. The highest BCUT2D eigenvalue weighted by molar-refractivity contribution is 5.73. The molecule has 90 valence electrons. The Bertz CT molecular complexity index is 528. The molecule has 3 rings (SSSR count). The van der Waals surface area contributed by atoms with Crippen LogP contribution in [0.4, 0.5) is 5.82 Å². The van der Waals surface area contributed by atoms with E-state index in [0.29, 0.717) is 0 Å². The number of aromatic amines is 1. The number of nitrogens with one attached hydrogen (secondary N) is 1. The lowest BCUT2D eigenvalue weighted by Crippen LogP contribution is -2.10. The Morgan fingerprint density at radius 2 is 2.24 bits per heavy atom. The topological polar surface area (TPSA) is 54.0 Å². The van der Waals surface area contributed by atoms with E-state index in [4.69, 9.17) is 4.74 Å². The molecule has 0 aromatic carbocycles. The Morgan fingerprint density at radius 1 is 1.35 bits per heavy atom. The van der Waals surface area contributed by atoms with Crippen LogP contribution in [0.25, 0.3) is 11.2 Å². The van der Waals surface area contributed by atoms with Gasteiger partial charge in [-0.25, -0.2) is 9.97 Å². The predicted octanol–water partition coefficient (Wildman–Crippen LogP) is 1.88. The van der Waals surface area contributed by atoms with E-state index >= 15 is 0 Å². The summed E-state index contributed by atoms with van der Waals surface area (Å²) in [5, 5.41) is 0. The van der Waals surface area contributed by atoms with Gasteiger partial charge in [-0.15, -0.1) is 0 Å². The molecule has 0 radical (unpaired) electrons. The molecule has 2 aromatic heterocycles. The van der Waals surface area contributed by atoms with Crippen LogP contribution < -0.4 is 4.90 Å². The summed E-state index contributed by atoms with van der Waals surface area (Å²) in [5.41, 5.74) is 1.74. The molecule has 1 aliphatic heterocycles. The minimum atomic E-state index is 0.118. The van der Waals surface area contributed by atoms with E-state index in [9.17, 15) is 0 Å². The summed E-state index contributed by atoms with van der Waals surface area (Å²) in [6.07, 6.45) is 2.27. The van der Waals surface area contributed by atoms with E-state index in [1.807, 2.05) is 31.1 Å². The Labute approximate surface area is 99.8 Å². The number of ether oxygens (including phenoxy) is 1. The molecule has 2 aromatic rings. The maximum absolute atomic E-state index is 5.61. The van der Waals surface area contributed by atoms with Crippen molar-refractivity contribution in [2.45, 2.75) is 18.9 Å². The van der Waals surface area contributed by atoms with Crippen LogP contribution in [0.1, 0.15) is 24.8 Å². The van der Waals surface area contributed by atoms with Crippen LogP contribution in [0.2, 0.25) is 0 Å². The summed E-state index contributed by atoms with van der Waals surface area (Å²) >= 11 is 0. The zero-order valence-electron chi connectivity index (χ0n) is 10.1. The highest BCUT2D eigenvalue weighted by Crippen LogP contribution is 2.27. The molecule has 0 spiro atoms. The maximum Gasteiger partial charge on any atom is 0.179 e. The van der Waals surface area contributed by atoms with Crippen LogP contribution in [-0.4, -0.2) is 35.7 Å². The van der Waals surface area contributed by atoms with E-state index in [2.05, 4.69) is 15.0 Å². The smallest absolute Gasteiger partial charge is 0.179 e. The van der Waals surface area contributed by atoms with Crippen molar-refractivity contribution in [3.05, 3.63) is 18.0 Å². The number of aromatic nitrogens is 3. The Balaban J connectivity index is 2.00. The van der Waals surface area contributed by atoms with E-state index < -0.39 is 0 Å². The second-order valence-electron chi connectivity index (χ2n) is 4.56. The van der Waals surface area contributed by atoms with Gasteiger partial charge in [-0.05, 0) is 25.0 Å². The summed E-state index contributed by atoms with van der Waals surface area (Å²) in [4.78, 5) is 14.3. The molecule has 5 heteroatoms. The normalized spacial score (nSPS) is 20.0. The number of imidazole rings is 1. The van der Waals surface area contributed by atoms with Gasteiger partial charge in [0.15, 0.2) is 5.65 Å². The van der Waals surface area contributed by atoms with Gasteiger partial charge in [0.05, 0.1) is 5.52 Å². The van der Waals surface area contributed by atoms with Crippen LogP contribution in [0, 0.1) is 0 Å². The fourth-order valence-corrected chi connectivity index (χ4v) is 2.10. The zero-order valence-corrected chi connectivity index (χ0v) is 10.1. The van der Waals surface area contributed by atoms with Gasteiger partial charge in [-0.2, -0.15) is 0 Å². The molecule has 0 saturated carbocycles. The lowest BCUT2D eigenvalue weighted by atomic mass is 10.2. The van der Waals surface area contributed by atoms with Crippen molar-refractivity contribution in [2.24, 2.45) is 0 Å². The number of hydrogen-bond donors (Lipinski definition) is 1. The van der Waals surface area contributed by atoms with Crippen molar-refractivity contribution in [1.29, 1.82) is 0 Å². The molecule has 0 bridgehead atoms. The molecule has 5 nitrogen and oxygen atoms in total. The number of hydrogen-bond acceptors (Lipinski definition) is 4. The highest BCUT2D eigenvalue weighted by atomic mass is 16.5. The standard InChI is InChI=1S/C12H16N4O/c1-16(2)10-6-5-8-11(14-10)15-12(13-8)9-4-3-7-17-9/h5-6,9H,3-4,7H2,1-2H3,(H,13,14,15). The molecule has 1 N–H and O–H groups in total. The average molecular weight is 232 g/mol. The fraction of sp³-hybridized carbons (Fsp3) is 0.500. The molecular weight excluding hydrogens is 216 g/mol. The van der Waals surface area contributed by atoms with Crippen LogP contribution in [0.5, 0.6) is 0 Å². The van der Waals surface area contributed by atoms with E-state index in [-0.39, 0.29) is 6.10 Å². The second kappa shape index (κ2) is 4.00. The Morgan fingerprint density at radius 3 is 2.94 bits per heavy atom. The molecule has 1 saturated heterocycles. The fourth-order valence-electron chi connectivity index (χ4n) is 2.10. The van der Waals surface area contributed by atoms with E-state index in [1.165, 1.54) is 0 Å². The van der Waals surface area contributed by atoms with Crippen molar-refractivity contribution >= 4 is 17.0 Å². The lowest BCUT2D eigenvalue weighted by molar-refractivity contribution is 0.106. The average Bonchev–Trinajstić information content (AvgIpc) is 2.96. The molecule has 1 aliphatic rings. The number of anilines is 1. The molecule has 1 atom stereocenters. The summed E-state index contributed by atoms with van der Waals surface area (Å²) < 4.78 is 5.61. The van der Waals surface area contributed by atoms with E-state index in [0.717, 1.165) is 42.3 Å². The van der Waals surface area contributed by atoms with Gasteiger partial charge in [-0.1, -0.05) is 0 Å². The van der Waals surface area contributed by atoms with Crippen molar-refractivity contribution in [3.8, 4) is 0 Å². The molecule has 1 fully saturated rings. The summed E-state index contributed by atoms with van der Waals surface area (Å²) in [6, 6.07) is 4.00. The van der Waals surface area contributed by atoms with Gasteiger partial charge in [0.1, 0.15) is 17.7 Å². The van der Waals surface area contributed by atoms with Crippen molar-refractivity contribution in [1.82, 2.24) is 15.0 Å². The first-order chi connectivity index (χ1) is 8.24. The number of pyridine rings is 1. The molecule has 3 heterocycles. The van der Waals surface area contributed by atoms with Gasteiger partial charge in [0.25, 0.3) is 0 Å². The van der Waals surface area contributed by atoms with Crippen molar-refractivity contribution < 1.29 is 4.74 Å². The van der Waals surface area contributed by atoms with Crippen molar-refractivity contribution in [2.75, 3.05) is 25.6 Å². The van der Waals surface area contributed by atoms with Crippen LogP contribution >= 0.6 is 0 Å². The van der Waals surface area contributed by atoms with E-state index in [1.54, 1.807) is 0 Å². The molecule has 0 aliphatic carbocycles. The minimum Gasteiger partial charge on any atom is -0.370 e. The third kappa shape index (κ3) is 1.86. The predicted molar refractivity (Wildman–Crippen MR) is 66.1 cm³/mol. The Hall–Kier alpha value is -1.62. The first-order valence-corrected chi connectivity index (χ1v) is 5.89. The number of fused-ring (bicyclic) bond motifs is 1. The van der Waals surface area contributed by atoms with Crippen LogP contribution in [0.3, 0.4) is 0 Å². The zero-order chi connectivity index (χ0) is 11.8. The molecule has 1 unspecified atom stereocenters. The quantitative estimate of drug-likeness (QED) is 0.859. The molecule has 17 heavy (non-hydrogen) atoms. The summed E-state index contributed by atoms with van der Waals surface area (Å²) in [7, 11) is 3.95. The summed E-state index contributed by atoms with van der Waals surface area (Å²) in [6.45, 7) is 0.831. The second-order valence-corrected chi connectivity index (χ2v) is 4.56. The van der Waals surface area contributed by atoms with Crippen molar-refractivity contribution in [3.63, 3.8) is 0 Å². The van der Waals surface area contributed by atoms with Crippen LogP contribution in [-0.2, 0) is 4.74 Å². The third-order valence-corrected chi connectivity index (χ3v) is 3.04. The van der Waals surface area contributed by atoms with Crippen LogP contribution in [0.15, 0.2) is 12.1 Å². The first kappa shape index (κ1) is 10.5. The third-order valence-electron chi connectivity index (χ3n) is 3.04. The number of rotatable bonds is 2. The van der Waals surface area contributed by atoms with Gasteiger partial charge in [-0.3, -0.25) is 0 Å². The highest BCUT2D eigenvalue weighted by Gasteiger charge is 2.21. The van der Waals surface area contributed by atoms with Gasteiger partial charge < -0.3 is 14.6 Å². The minimum absolute atomic E-state index is 0.118. The maximum atomic E-state index is 5.61. The van der Waals surface area contributed by atoms with Gasteiger partial charge in [0.2, 0.25) is 0 Å². The largest absolute Gasteiger partial charge is 0.370 e. The number of nitrogens with zero attached hydrogens (tertiary/aromatic N) is 3. The Kier molecular flexibility index (Phi) is 2.48.